The molecule has 0 bridgehead atoms. The Morgan fingerprint density at radius 3 is 1.21 bits per heavy atom. The molecule has 0 aliphatic heterocycles. The molecule has 0 rings (SSSR count). The minimum Gasteiger partial charge on any atom is -0.303 e. The Kier molecular flexibility index (Phi) is 23.9. The predicted octanol–water partition coefficient (Wildman–Crippen LogP) is 0.989. The van der Waals surface area contributed by atoms with Crippen LogP contribution in [-0.2, 0) is 19.2 Å². The monoisotopic (exact) mass is 346 g/mol. The van der Waals surface area contributed by atoms with Gasteiger partial charge >= 0.3 is 0 Å². The molecule has 0 atom stereocenters. The average Bonchev–Trinajstić information content (AvgIpc) is 2.51. The van der Waals surface area contributed by atoms with Gasteiger partial charge in [0, 0.05) is 25.7 Å². The van der Waals surface area contributed by atoms with Crippen LogP contribution in [0.5, 0.6) is 0 Å². The van der Waals surface area contributed by atoms with Crippen molar-refractivity contribution in [3.63, 3.8) is 0 Å². The van der Waals surface area contributed by atoms with Gasteiger partial charge in [-0.3, -0.25) is 20.4 Å². The van der Waals surface area contributed by atoms with Crippen molar-refractivity contribution < 1.29 is 19.2 Å². The van der Waals surface area contributed by atoms with E-state index in [1.54, 1.807) is 0 Å². The normalized spacial score (nSPS) is 9.17. The molecule has 0 heterocycles. The first-order valence-electron chi connectivity index (χ1n) is 8.11. The van der Waals surface area contributed by atoms with Crippen molar-refractivity contribution in [2.24, 2.45) is 23.5 Å². The number of unbranched alkanes of at least 4 members (excludes halogenated alkanes) is 1. The Morgan fingerprint density at radius 2 is 1.08 bits per heavy atom. The van der Waals surface area contributed by atoms with Crippen molar-refractivity contribution in [3.05, 3.63) is 0 Å². The predicted molar refractivity (Wildman–Crippen MR) is 94.2 cm³/mol. The number of carbonyl (C=O) groups is 4. The lowest BCUT2D eigenvalue weighted by molar-refractivity contribution is -0.123. The number of rotatable bonds is 9. The largest absolute Gasteiger partial charge is 0.303 e. The van der Waals surface area contributed by atoms with Gasteiger partial charge in [-0.15, -0.1) is 0 Å². The number of aldehydes is 2. The van der Waals surface area contributed by atoms with E-state index < -0.39 is 0 Å². The number of hydrazine groups is 2. The minimum atomic E-state index is -0.219. The number of amides is 2. The summed E-state index contributed by atoms with van der Waals surface area (Å²) in [6.45, 7) is 8.09. The Hall–Kier alpha value is -1.80. The Balaban J connectivity index is -0.000000309. The molecule has 8 heteroatoms. The summed E-state index contributed by atoms with van der Waals surface area (Å²) in [5.74, 6) is 10.3. The van der Waals surface area contributed by atoms with Crippen LogP contribution in [0.4, 0.5) is 0 Å². The Bertz CT molecular complexity index is 302. The van der Waals surface area contributed by atoms with Gasteiger partial charge in [0.05, 0.1) is 0 Å². The second kappa shape index (κ2) is 21.2. The smallest absolute Gasteiger partial charge is 0.233 e. The first kappa shape index (κ1) is 27.1. The molecule has 8 nitrogen and oxygen atoms in total. The topological polar surface area (TPSA) is 144 Å². The van der Waals surface area contributed by atoms with E-state index in [4.69, 9.17) is 11.7 Å². The second-order valence-electron chi connectivity index (χ2n) is 5.93. The molecule has 0 saturated carbocycles. The van der Waals surface area contributed by atoms with Crippen molar-refractivity contribution in [2.75, 3.05) is 0 Å². The molecule has 0 aromatic carbocycles. The summed E-state index contributed by atoms with van der Waals surface area (Å²) in [6.07, 6.45) is 5.24. The number of hydrogen-bond acceptors (Lipinski definition) is 6. The molecule has 24 heavy (non-hydrogen) atoms. The third-order valence-corrected chi connectivity index (χ3v) is 2.51. The van der Waals surface area contributed by atoms with Gasteiger partial charge < -0.3 is 9.59 Å². The summed E-state index contributed by atoms with van der Waals surface area (Å²) in [5.41, 5.74) is 4.01. The lowest BCUT2D eigenvalue weighted by atomic mass is 10.2. The molecule has 142 valence electrons. The fraction of sp³-hybridized carbons (Fsp3) is 0.750. The summed E-state index contributed by atoms with van der Waals surface area (Å²) < 4.78 is 0. The maximum absolute atomic E-state index is 10.6. The molecule has 0 saturated heterocycles. The first-order valence-corrected chi connectivity index (χ1v) is 8.11. The highest BCUT2D eigenvalue weighted by molar-refractivity contribution is 5.76. The van der Waals surface area contributed by atoms with Crippen LogP contribution in [0.2, 0.25) is 0 Å². The molecule has 0 aliphatic rings. The molecule has 0 radical (unpaired) electrons. The summed E-state index contributed by atoms with van der Waals surface area (Å²) >= 11 is 0. The Morgan fingerprint density at radius 1 is 0.792 bits per heavy atom. The second-order valence-corrected chi connectivity index (χ2v) is 5.93. The molecule has 2 amide bonds. The van der Waals surface area contributed by atoms with Gasteiger partial charge in [-0.2, -0.15) is 0 Å². The van der Waals surface area contributed by atoms with Crippen LogP contribution >= 0.6 is 0 Å². The van der Waals surface area contributed by atoms with E-state index in [0.717, 1.165) is 12.6 Å². The molecule has 0 aliphatic carbocycles. The van der Waals surface area contributed by atoms with Crippen molar-refractivity contribution in [3.8, 4) is 0 Å². The van der Waals surface area contributed by atoms with E-state index in [1.165, 1.54) is 0 Å². The highest BCUT2D eigenvalue weighted by Crippen LogP contribution is 1.98. The molecule has 6 N–H and O–H groups in total. The van der Waals surface area contributed by atoms with Gasteiger partial charge in [0.25, 0.3) is 0 Å². The molecule has 0 aromatic heterocycles. The van der Waals surface area contributed by atoms with Gasteiger partial charge in [0.15, 0.2) is 0 Å². The third kappa shape index (κ3) is 32.2. The zero-order valence-corrected chi connectivity index (χ0v) is 15.3. The van der Waals surface area contributed by atoms with E-state index in [2.05, 4.69) is 0 Å². The maximum Gasteiger partial charge on any atom is 0.233 e. The van der Waals surface area contributed by atoms with Gasteiger partial charge in [-0.25, -0.2) is 11.7 Å². The van der Waals surface area contributed by atoms with Crippen LogP contribution in [0.3, 0.4) is 0 Å². The fourth-order valence-electron chi connectivity index (χ4n) is 1.10. The SMILES string of the molecule is CC(C)CC=O.CC(C)CC=O.NNC(=O)CCCCC(=O)NN. The highest BCUT2D eigenvalue weighted by Gasteiger charge is 2.00. The molecule has 0 unspecified atom stereocenters. The van der Waals surface area contributed by atoms with Gasteiger partial charge in [0.2, 0.25) is 11.8 Å². The van der Waals surface area contributed by atoms with Gasteiger partial charge in [-0.05, 0) is 24.7 Å². The number of nitrogens with two attached hydrogens (primary N) is 2. The van der Waals surface area contributed by atoms with Crippen LogP contribution in [0.1, 0.15) is 66.2 Å². The fourth-order valence-corrected chi connectivity index (χ4v) is 1.10. The minimum absolute atomic E-state index is 0.219. The van der Waals surface area contributed by atoms with Crippen LogP contribution in [0.15, 0.2) is 0 Å². The van der Waals surface area contributed by atoms with E-state index in [9.17, 15) is 19.2 Å². The zero-order valence-electron chi connectivity index (χ0n) is 15.3. The third-order valence-electron chi connectivity index (χ3n) is 2.51. The molecule has 0 aromatic rings. The van der Waals surface area contributed by atoms with Crippen molar-refractivity contribution in [2.45, 2.75) is 66.2 Å². The van der Waals surface area contributed by atoms with Crippen LogP contribution in [0.25, 0.3) is 0 Å². The van der Waals surface area contributed by atoms with E-state index in [-0.39, 0.29) is 11.8 Å². The summed E-state index contributed by atoms with van der Waals surface area (Å²) in [6, 6.07) is 0. The summed E-state index contributed by atoms with van der Waals surface area (Å²) in [5, 5.41) is 0. The van der Waals surface area contributed by atoms with E-state index in [0.29, 0.717) is 50.4 Å². The highest BCUT2D eigenvalue weighted by atomic mass is 16.2. The van der Waals surface area contributed by atoms with E-state index >= 15 is 0 Å². The zero-order chi connectivity index (χ0) is 19.4. The first-order chi connectivity index (χ1) is 11.2. The van der Waals surface area contributed by atoms with Crippen molar-refractivity contribution >= 4 is 24.4 Å². The quantitative estimate of drug-likeness (QED) is 0.161. The standard InChI is InChI=1S/C6H14N4O2.2C5H10O/c7-9-5(11)3-1-2-4-6(12)10-8;2*1-5(2)3-4-6/h1-4,7-8H2,(H,9,11)(H,10,12);2*4-5H,3H2,1-2H3. The summed E-state index contributed by atoms with van der Waals surface area (Å²) in [7, 11) is 0. The Labute approximate surface area is 145 Å². The average molecular weight is 346 g/mol. The molecular formula is C16H34N4O4. The number of hydrogen-bond donors (Lipinski definition) is 4. The van der Waals surface area contributed by atoms with Crippen molar-refractivity contribution in [1.29, 1.82) is 0 Å². The lowest BCUT2D eigenvalue weighted by Crippen LogP contribution is -2.30. The number of nitrogens with one attached hydrogen (secondary N) is 2. The molecular weight excluding hydrogens is 312 g/mol. The lowest BCUT2D eigenvalue weighted by Gasteiger charge is -1.99. The van der Waals surface area contributed by atoms with Crippen molar-refractivity contribution in [1.82, 2.24) is 10.9 Å². The van der Waals surface area contributed by atoms with Crippen LogP contribution in [-0.4, -0.2) is 24.4 Å². The summed E-state index contributed by atoms with van der Waals surface area (Å²) in [4.78, 5) is 40.4. The molecule has 0 spiro atoms. The van der Waals surface area contributed by atoms with E-state index in [1.807, 2.05) is 38.5 Å². The number of carbonyl (C=O) groups excluding carboxylic acids is 4. The van der Waals surface area contributed by atoms with Crippen LogP contribution < -0.4 is 22.5 Å². The molecule has 0 fully saturated rings. The van der Waals surface area contributed by atoms with Crippen LogP contribution in [0, 0.1) is 11.8 Å². The maximum atomic E-state index is 10.6. The van der Waals surface area contributed by atoms with Gasteiger partial charge in [0.1, 0.15) is 12.6 Å². The van der Waals surface area contributed by atoms with Gasteiger partial charge in [-0.1, -0.05) is 27.7 Å².